The Balaban J connectivity index is 1.41. The third-order valence-electron chi connectivity index (χ3n) is 5.25. The van der Waals surface area contributed by atoms with Gasteiger partial charge in [0.2, 0.25) is 5.95 Å². The van der Waals surface area contributed by atoms with Gasteiger partial charge in [0.1, 0.15) is 0 Å². The van der Waals surface area contributed by atoms with Crippen molar-refractivity contribution in [2.24, 2.45) is 0 Å². The van der Waals surface area contributed by atoms with Crippen molar-refractivity contribution in [2.45, 2.75) is 26.4 Å². The summed E-state index contributed by atoms with van der Waals surface area (Å²) in [6.07, 6.45) is 7.72. The second-order valence-electron chi connectivity index (χ2n) is 7.46. The molecule has 7 heteroatoms. The maximum atomic E-state index is 5.73. The molecule has 28 heavy (non-hydrogen) atoms. The third kappa shape index (κ3) is 4.00. The third-order valence-corrected chi connectivity index (χ3v) is 5.68. The Morgan fingerprint density at radius 2 is 1.64 bits per heavy atom. The highest BCUT2D eigenvalue weighted by atomic mass is 32.1. The quantitative estimate of drug-likeness (QED) is 0.617. The van der Waals surface area contributed by atoms with Gasteiger partial charge in [-0.05, 0) is 41.9 Å². The monoisotopic (exact) mass is 394 g/mol. The summed E-state index contributed by atoms with van der Waals surface area (Å²) in [5, 5.41) is 0. The van der Waals surface area contributed by atoms with E-state index < -0.39 is 0 Å². The number of anilines is 1. The minimum absolute atomic E-state index is 0.534. The molecule has 0 N–H and O–H groups in total. The summed E-state index contributed by atoms with van der Waals surface area (Å²) < 4.78 is 5.04. The van der Waals surface area contributed by atoms with Gasteiger partial charge in [0.25, 0.3) is 0 Å². The first-order valence-corrected chi connectivity index (χ1v) is 10.1. The molecule has 1 saturated heterocycles. The van der Waals surface area contributed by atoms with Crippen molar-refractivity contribution in [3.63, 3.8) is 0 Å². The molecule has 0 atom stereocenters. The summed E-state index contributed by atoms with van der Waals surface area (Å²) in [5.41, 5.74) is 2.45. The SMILES string of the molecule is CC(C)c1ccc(-n2ccn(CN3CCN(c4ncccn4)CC3)c2=S)cc1. The van der Waals surface area contributed by atoms with E-state index in [1.54, 1.807) is 12.4 Å². The molecular weight excluding hydrogens is 368 g/mol. The second kappa shape index (κ2) is 8.24. The van der Waals surface area contributed by atoms with Crippen molar-refractivity contribution >= 4 is 18.2 Å². The maximum absolute atomic E-state index is 5.73. The first-order chi connectivity index (χ1) is 13.6. The number of aromatic nitrogens is 4. The summed E-state index contributed by atoms with van der Waals surface area (Å²) in [6, 6.07) is 10.5. The lowest BCUT2D eigenvalue weighted by molar-refractivity contribution is 0.204. The number of imidazole rings is 1. The smallest absolute Gasteiger partial charge is 0.225 e. The van der Waals surface area contributed by atoms with Gasteiger partial charge in [-0.2, -0.15) is 0 Å². The zero-order valence-corrected chi connectivity index (χ0v) is 17.2. The maximum Gasteiger partial charge on any atom is 0.225 e. The van der Waals surface area contributed by atoms with Gasteiger partial charge in [0, 0.05) is 56.7 Å². The molecule has 0 radical (unpaired) electrons. The molecule has 0 amide bonds. The molecule has 0 saturated carbocycles. The van der Waals surface area contributed by atoms with Crippen LogP contribution in [0.2, 0.25) is 0 Å². The Morgan fingerprint density at radius 1 is 0.964 bits per heavy atom. The number of nitrogens with zero attached hydrogens (tertiary/aromatic N) is 6. The van der Waals surface area contributed by atoms with Crippen LogP contribution in [-0.2, 0) is 6.67 Å². The molecule has 3 aromatic rings. The van der Waals surface area contributed by atoms with Crippen molar-refractivity contribution < 1.29 is 0 Å². The van der Waals surface area contributed by atoms with E-state index in [1.807, 2.05) is 6.07 Å². The van der Waals surface area contributed by atoms with Crippen LogP contribution in [0.4, 0.5) is 5.95 Å². The van der Waals surface area contributed by atoms with Gasteiger partial charge in [-0.15, -0.1) is 0 Å². The first kappa shape index (κ1) is 18.8. The van der Waals surface area contributed by atoms with E-state index in [4.69, 9.17) is 12.2 Å². The normalized spacial score (nSPS) is 15.3. The van der Waals surface area contributed by atoms with Crippen LogP contribution >= 0.6 is 12.2 Å². The summed E-state index contributed by atoms with van der Waals surface area (Å²) in [7, 11) is 0. The fourth-order valence-corrected chi connectivity index (χ4v) is 3.78. The van der Waals surface area contributed by atoms with E-state index in [9.17, 15) is 0 Å². The van der Waals surface area contributed by atoms with Crippen LogP contribution in [0.25, 0.3) is 5.69 Å². The molecule has 1 aliphatic heterocycles. The molecule has 0 spiro atoms. The van der Waals surface area contributed by atoms with E-state index in [0.29, 0.717) is 5.92 Å². The molecule has 146 valence electrons. The molecule has 6 nitrogen and oxygen atoms in total. The molecule has 0 bridgehead atoms. The highest BCUT2D eigenvalue weighted by Crippen LogP contribution is 2.18. The minimum Gasteiger partial charge on any atom is -0.338 e. The van der Waals surface area contributed by atoms with Gasteiger partial charge in [-0.25, -0.2) is 9.97 Å². The molecule has 0 aliphatic carbocycles. The minimum atomic E-state index is 0.534. The van der Waals surface area contributed by atoms with E-state index in [2.05, 4.69) is 79.4 Å². The summed E-state index contributed by atoms with van der Waals surface area (Å²) >= 11 is 5.73. The van der Waals surface area contributed by atoms with Crippen LogP contribution in [0, 0.1) is 4.77 Å². The lowest BCUT2D eigenvalue weighted by atomic mass is 10.0. The Hall–Kier alpha value is -2.51. The van der Waals surface area contributed by atoms with Crippen LogP contribution in [-0.4, -0.2) is 50.2 Å². The average molecular weight is 395 g/mol. The number of hydrogen-bond acceptors (Lipinski definition) is 5. The van der Waals surface area contributed by atoms with Crippen LogP contribution in [0.15, 0.2) is 55.1 Å². The van der Waals surface area contributed by atoms with E-state index >= 15 is 0 Å². The highest BCUT2D eigenvalue weighted by molar-refractivity contribution is 7.71. The molecule has 1 fully saturated rings. The van der Waals surface area contributed by atoms with Crippen molar-refractivity contribution in [1.82, 2.24) is 24.0 Å². The first-order valence-electron chi connectivity index (χ1n) is 9.74. The summed E-state index contributed by atoms with van der Waals surface area (Å²) in [6.45, 7) is 9.01. The van der Waals surface area contributed by atoms with Crippen molar-refractivity contribution in [2.75, 3.05) is 31.1 Å². The molecule has 0 unspecified atom stereocenters. The topological polar surface area (TPSA) is 42.1 Å². The number of benzene rings is 1. The average Bonchev–Trinajstić information content (AvgIpc) is 3.09. The number of hydrogen-bond donors (Lipinski definition) is 0. The van der Waals surface area contributed by atoms with Gasteiger partial charge < -0.3 is 9.47 Å². The molecule has 1 aromatic carbocycles. The second-order valence-corrected chi connectivity index (χ2v) is 7.83. The van der Waals surface area contributed by atoms with Crippen molar-refractivity contribution in [3.8, 4) is 5.69 Å². The molecule has 1 aliphatic rings. The summed E-state index contributed by atoms with van der Waals surface area (Å²) in [4.78, 5) is 13.4. The van der Waals surface area contributed by atoms with Gasteiger partial charge in [-0.1, -0.05) is 26.0 Å². The molecule has 3 heterocycles. The Kier molecular flexibility index (Phi) is 5.54. The van der Waals surface area contributed by atoms with E-state index in [0.717, 1.165) is 49.3 Å². The Bertz CT molecular complexity index is 953. The lowest BCUT2D eigenvalue weighted by Gasteiger charge is -2.34. The van der Waals surface area contributed by atoms with Gasteiger partial charge in [-0.3, -0.25) is 9.47 Å². The Morgan fingerprint density at radius 3 is 2.29 bits per heavy atom. The number of piperazine rings is 1. The van der Waals surface area contributed by atoms with Crippen LogP contribution in [0.5, 0.6) is 0 Å². The summed E-state index contributed by atoms with van der Waals surface area (Å²) in [5.74, 6) is 1.35. The van der Waals surface area contributed by atoms with Crippen molar-refractivity contribution in [3.05, 3.63) is 65.5 Å². The van der Waals surface area contributed by atoms with E-state index in [-0.39, 0.29) is 0 Å². The van der Waals surface area contributed by atoms with Crippen LogP contribution in [0.3, 0.4) is 0 Å². The fourth-order valence-electron chi connectivity index (χ4n) is 3.50. The van der Waals surface area contributed by atoms with Crippen molar-refractivity contribution in [1.29, 1.82) is 0 Å². The molecule has 2 aromatic heterocycles. The lowest BCUT2D eigenvalue weighted by Crippen LogP contribution is -2.47. The van der Waals surface area contributed by atoms with Crippen LogP contribution < -0.4 is 4.90 Å². The fraction of sp³-hybridized carbons (Fsp3) is 0.381. The van der Waals surface area contributed by atoms with Gasteiger partial charge in [0.15, 0.2) is 4.77 Å². The molecular formula is C21H26N6S. The Labute approximate surface area is 171 Å². The standard InChI is InChI=1S/C21H26N6S/c1-17(2)18-4-6-19(7-5-18)27-15-14-26(21(27)28)16-24-10-12-25(13-11-24)20-22-8-3-9-23-20/h3-9,14-15,17H,10-13,16H2,1-2H3. The predicted molar refractivity (Wildman–Crippen MR) is 115 cm³/mol. The van der Waals surface area contributed by atoms with Gasteiger partial charge in [0.05, 0.1) is 6.67 Å². The highest BCUT2D eigenvalue weighted by Gasteiger charge is 2.19. The molecule has 4 rings (SSSR count). The van der Waals surface area contributed by atoms with Crippen LogP contribution in [0.1, 0.15) is 25.3 Å². The van der Waals surface area contributed by atoms with Gasteiger partial charge >= 0.3 is 0 Å². The zero-order valence-electron chi connectivity index (χ0n) is 16.4. The van der Waals surface area contributed by atoms with E-state index in [1.165, 1.54) is 5.56 Å². The zero-order chi connectivity index (χ0) is 19.5. The predicted octanol–water partition coefficient (Wildman–Crippen LogP) is 3.70. The number of rotatable bonds is 5. The largest absolute Gasteiger partial charge is 0.338 e.